The molecule has 2 aromatic rings. The van der Waals surface area contributed by atoms with Crippen molar-refractivity contribution in [2.45, 2.75) is 44.8 Å². The van der Waals surface area contributed by atoms with E-state index in [4.69, 9.17) is 0 Å². The summed E-state index contributed by atoms with van der Waals surface area (Å²) in [6.45, 7) is 5.80. The van der Waals surface area contributed by atoms with Crippen LogP contribution in [-0.4, -0.2) is 21.2 Å². The van der Waals surface area contributed by atoms with Gasteiger partial charge >= 0.3 is 0 Å². The molecule has 2 heterocycles. The minimum atomic E-state index is -0.151. The molecule has 1 aliphatic heterocycles. The average Bonchev–Trinajstić information content (AvgIpc) is 2.94. The van der Waals surface area contributed by atoms with Crippen LogP contribution in [0.3, 0.4) is 0 Å². The number of hydrogen-bond acceptors (Lipinski definition) is 4. The number of rotatable bonds is 4. The van der Waals surface area contributed by atoms with Gasteiger partial charge in [-0.25, -0.2) is 4.98 Å². The van der Waals surface area contributed by atoms with Gasteiger partial charge in [0.25, 0.3) is 5.56 Å². The van der Waals surface area contributed by atoms with Gasteiger partial charge in [-0.2, -0.15) is 0 Å². The van der Waals surface area contributed by atoms with Crippen molar-refractivity contribution >= 4 is 39.3 Å². The fourth-order valence-electron chi connectivity index (χ4n) is 3.03. The largest absolute Gasteiger partial charge is 0.326 e. The van der Waals surface area contributed by atoms with Crippen molar-refractivity contribution in [1.29, 1.82) is 0 Å². The SMILES string of the molecule is CCc1c(C)nc2n(c1=O)C(CC(=O)Nc1ccc(Br)c(C)c1)CS2. The number of amides is 1. The van der Waals surface area contributed by atoms with Crippen LogP contribution in [0.15, 0.2) is 32.6 Å². The lowest BCUT2D eigenvalue weighted by Gasteiger charge is -2.15. The normalized spacial score (nSPS) is 15.9. The predicted molar refractivity (Wildman–Crippen MR) is 104 cm³/mol. The van der Waals surface area contributed by atoms with Gasteiger partial charge in [-0.3, -0.25) is 14.2 Å². The highest BCUT2D eigenvalue weighted by Gasteiger charge is 2.29. The molecular formula is C18H20BrN3O2S. The number of thioether (sulfide) groups is 1. The molecule has 3 rings (SSSR count). The van der Waals surface area contributed by atoms with Crippen LogP contribution in [0.2, 0.25) is 0 Å². The molecule has 1 aliphatic rings. The van der Waals surface area contributed by atoms with E-state index in [0.717, 1.165) is 32.1 Å². The summed E-state index contributed by atoms with van der Waals surface area (Å²) in [6, 6.07) is 5.54. The van der Waals surface area contributed by atoms with Crippen molar-refractivity contribution in [2.75, 3.05) is 11.1 Å². The highest BCUT2D eigenvalue weighted by atomic mass is 79.9. The van der Waals surface area contributed by atoms with Crippen LogP contribution in [-0.2, 0) is 11.2 Å². The van der Waals surface area contributed by atoms with Gasteiger partial charge in [0.2, 0.25) is 5.91 Å². The molecule has 5 nitrogen and oxygen atoms in total. The van der Waals surface area contributed by atoms with E-state index in [1.165, 1.54) is 0 Å². The number of aryl methyl sites for hydroxylation is 2. The Hall–Kier alpha value is -1.60. The second-order valence-electron chi connectivity index (χ2n) is 6.17. The van der Waals surface area contributed by atoms with Crippen LogP contribution in [0.1, 0.15) is 36.2 Å². The fourth-order valence-corrected chi connectivity index (χ4v) is 4.45. The fraction of sp³-hybridized carbons (Fsp3) is 0.389. The van der Waals surface area contributed by atoms with E-state index < -0.39 is 0 Å². The number of benzene rings is 1. The van der Waals surface area contributed by atoms with E-state index >= 15 is 0 Å². The molecule has 0 saturated heterocycles. The van der Waals surface area contributed by atoms with Crippen molar-refractivity contribution in [2.24, 2.45) is 0 Å². The highest BCUT2D eigenvalue weighted by Crippen LogP contribution is 2.33. The summed E-state index contributed by atoms with van der Waals surface area (Å²) in [5.41, 5.74) is 3.34. The maximum atomic E-state index is 12.7. The van der Waals surface area contributed by atoms with Crippen LogP contribution in [0.5, 0.6) is 0 Å². The van der Waals surface area contributed by atoms with Gasteiger partial charge in [0.15, 0.2) is 5.16 Å². The van der Waals surface area contributed by atoms with E-state index in [0.29, 0.717) is 12.2 Å². The maximum Gasteiger partial charge on any atom is 0.257 e. The molecule has 132 valence electrons. The molecule has 0 spiro atoms. The van der Waals surface area contributed by atoms with Crippen LogP contribution in [0.4, 0.5) is 5.69 Å². The Morgan fingerprint density at radius 3 is 2.88 bits per heavy atom. The molecule has 0 aliphatic carbocycles. The van der Waals surface area contributed by atoms with E-state index in [-0.39, 0.29) is 23.9 Å². The third-order valence-electron chi connectivity index (χ3n) is 4.37. The predicted octanol–water partition coefficient (Wildman–Crippen LogP) is 3.86. The van der Waals surface area contributed by atoms with Crippen molar-refractivity contribution in [1.82, 2.24) is 9.55 Å². The number of nitrogens with one attached hydrogen (secondary N) is 1. The van der Waals surface area contributed by atoms with Gasteiger partial charge in [0.05, 0.1) is 6.04 Å². The second kappa shape index (κ2) is 7.33. The Morgan fingerprint density at radius 2 is 2.20 bits per heavy atom. The summed E-state index contributed by atoms with van der Waals surface area (Å²) in [5, 5.41) is 3.64. The molecule has 0 radical (unpaired) electrons. The molecule has 7 heteroatoms. The number of nitrogens with zero attached hydrogens (tertiary/aromatic N) is 2. The maximum absolute atomic E-state index is 12.7. The molecule has 0 bridgehead atoms. The van der Waals surface area contributed by atoms with Crippen LogP contribution < -0.4 is 10.9 Å². The third kappa shape index (κ3) is 3.67. The first-order chi connectivity index (χ1) is 11.9. The lowest BCUT2D eigenvalue weighted by molar-refractivity contribution is -0.116. The summed E-state index contributed by atoms with van der Waals surface area (Å²) in [6.07, 6.45) is 0.919. The van der Waals surface area contributed by atoms with Crippen LogP contribution in [0.25, 0.3) is 0 Å². The Kier molecular flexibility index (Phi) is 5.34. The number of aromatic nitrogens is 2. The first-order valence-electron chi connectivity index (χ1n) is 8.21. The number of carbonyl (C=O) groups is 1. The van der Waals surface area contributed by atoms with Crippen molar-refractivity contribution < 1.29 is 4.79 Å². The Bertz CT molecular complexity index is 895. The second-order valence-corrected chi connectivity index (χ2v) is 8.01. The smallest absolute Gasteiger partial charge is 0.257 e. The number of hydrogen-bond donors (Lipinski definition) is 1. The van der Waals surface area contributed by atoms with Gasteiger partial charge in [-0.1, -0.05) is 34.6 Å². The lowest BCUT2D eigenvalue weighted by Crippen LogP contribution is -2.30. The van der Waals surface area contributed by atoms with Crippen LogP contribution in [0, 0.1) is 13.8 Å². The topological polar surface area (TPSA) is 64.0 Å². The summed E-state index contributed by atoms with van der Waals surface area (Å²) < 4.78 is 2.70. The van der Waals surface area contributed by atoms with Gasteiger partial charge in [-0.15, -0.1) is 0 Å². The molecule has 1 aromatic carbocycles. The van der Waals surface area contributed by atoms with E-state index in [1.807, 2.05) is 39.0 Å². The summed E-state index contributed by atoms with van der Waals surface area (Å²) in [4.78, 5) is 29.7. The number of carbonyl (C=O) groups excluding carboxylic acids is 1. The molecule has 0 fully saturated rings. The molecule has 1 unspecified atom stereocenters. The van der Waals surface area contributed by atoms with Crippen molar-refractivity contribution in [3.8, 4) is 0 Å². The summed E-state index contributed by atoms with van der Waals surface area (Å²) >= 11 is 4.99. The first kappa shape index (κ1) is 18.2. The first-order valence-corrected chi connectivity index (χ1v) is 9.99. The molecule has 25 heavy (non-hydrogen) atoms. The van der Waals surface area contributed by atoms with Gasteiger partial charge in [0, 0.05) is 33.6 Å². The average molecular weight is 422 g/mol. The summed E-state index contributed by atoms with van der Waals surface area (Å²) in [7, 11) is 0. The highest BCUT2D eigenvalue weighted by molar-refractivity contribution is 9.10. The molecular weight excluding hydrogens is 402 g/mol. The number of fused-ring (bicyclic) bond motifs is 1. The quantitative estimate of drug-likeness (QED) is 0.761. The Morgan fingerprint density at radius 1 is 1.44 bits per heavy atom. The zero-order valence-electron chi connectivity index (χ0n) is 14.4. The van der Waals surface area contributed by atoms with Gasteiger partial charge < -0.3 is 5.32 Å². The molecule has 1 N–H and O–H groups in total. The molecule has 1 atom stereocenters. The van der Waals surface area contributed by atoms with Gasteiger partial charge in [-0.05, 0) is 44.0 Å². The molecule has 1 aromatic heterocycles. The van der Waals surface area contributed by atoms with E-state index in [2.05, 4.69) is 26.2 Å². The Balaban J connectivity index is 1.78. The minimum Gasteiger partial charge on any atom is -0.326 e. The minimum absolute atomic E-state index is 0.00714. The standard InChI is InChI=1S/C18H20BrN3O2S/c1-4-14-11(3)20-18-22(17(14)24)13(9-25-18)8-16(23)21-12-5-6-15(19)10(2)7-12/h5-7,13H,4,8-9H2,1-3H3,(H,21,23). The summed E-state index contributed by atoms with van der Waals surface area (Å²) in [5.74, 6) is 0.604. The van der Waals surface area contributed by atoms with E-state index in [1.54, 1.807) is 16.3 Å². The number of halogens is 1. The van der Waals surface area contributed by atoms with Gasteiger partial charge in [0.1, 0.15) is 0 Å². The lowest BCUT2D eigenvalue weighted by atomic mass is 10.1. The zero-order valence-corrected chi connectivity index (χ0v) is 16.8. The third-order valence-corrected chi connectivity index (χ3v) is 6.36. The molecule has 1 amide bonds. The van der Waals surface area contributed by atoms with Crippen molar-refractivity contribution in [3.05, 3.63) is 49.8 Å². The van der Waals surface area contributed by atoms with Crippen LogP contribution >= 0.6 is 27.7 Å². The zero-order chi connectivity index (χ0) is 18.1. The van der Waals surface area contributed by atoms with Crippen molar-refractivity contribution in [3.63, 3.8) is 0 Å². The molecule has 0 saturated carbocycles. The monoisotopic (exact) mass is 421 g/mol. The van der Waals surface area contributed by atoms with E-state index in [9.17, 15) is 9.59 Å². The number of anilines is 1. The Labute approximate surface area is 159 Å².